The predicted octanol–water partition coefficient (Wildman–Crippen LogP) is 4.81. The lowest BCUT2D eigenvalue weighted by atomic mass is 9.85. The Bertz CT molecular complexity index is 1620. The number of phosphoric ester groups is 3. The van der Waals surface area contributed by atoms with E-state index in [1.54, 1.807) is 0 Å². The summed E-state index contributed by atoms with van der Waals surface area (Å²) in [4.78, 5) is 93.7. The summed E-state index contributed by atoms with van der Waals surface area (Å²) < 4.78 is 64.2. The van der Waals surface area contributed by atoms with Crippen LogP contribution in [0.15, 0.2) is 17.3 Å². The van der Waals surface area contributed by atoms with Gasteiger partial charge < -0.3 is 86.6 Å². The van der Waals surface area contributed by atoms with Crippen LogP contribution in [0.1, 0.15) is 148 Å². The monoisotopic (exact) mass is 1060 g/mol. The first-order valence-corrected chi connectivity index (χ1v) is 27.0. The number of azide groups is 1. The van der Waals surface area contributed by atoms with Crippen LogP contribution in [0.3, 0.4) is 0 Å². The van der Waals surface area contributed by atoms with Crippen LogP contribution in [-0.2, 0) is 55.6 Å². The van der Waals surface area contributed by atoms with E-state index >= 15 is 0 Å². The lowest BCUT2D eigenvalue weighted by molar-refractivity contribution is -0.353. The summed E-state index contributed by atoms with van der Waals surface area (Å²) in [5.74, 6) is -1.65. The van der Waals surface area contributed by atoms with E-state index < -0.39 is 91.3 Å². The zero-order chi connectivity index (χ0) is 49.4. The molecule has 0 bridgehead atoms. The Balaban J connectivity index is -0.0000145. The Hall–Kier alpha value is -2.45. The van der Waals surface area contributed by atoms with Crippen LogP contribution in [0, 0.1) is 0 Å². The highest BCUT2D eigenvalue weighted by molar-refractivity contribution is 7.47. The van der Waals surface area contributed by atoms with E-state index in [1.807, 2.05) is 0 Å². The van der Waals surface area contributed by atoms with Crippen molar-refractivity contribution < 1.29 is 95.4 Å². The fraction of sp³-hybridized carbons (Fsp3) is 0.872. The summed E-state index contributed by atoms with van der Waals surface area (Å²) in [6, 6.07) is 0. The van der Waals surface area contributed by atoms with Crippen molar-refractivity contribution in [1.29, 1.82) is 0 Å². The zero-order valence-corrected chi connectivity index (χ0v) is 43.3. The highest BCUT2D eigenvalue weighted by atomic mass is 31.2. The van der Waals surface area contributed by atoms with Crippen molar-refractivity contribution in [2.45, 2.75) is 191 Å². The van der Waals surface area contributed by atoms with Gasteiger partial charge in [-0.15, -0.1) is 0 Å². The highest BCUT2D eigenvalue weighted by Gasteiger charge is 2.54. The number of nitrogens with zero attached hydrogens (tertiary/aromatic N) is 3. The highest BCUT2D eigenvalue weighted by Crippen LogP contribution is 2.49. The van der Waals surface area contributed by atoms with Crippen LogP contribution < -0.4 is 38.4 Å². The number of aliphatic hydroxyl groups excluding tert-OH is 3. The van der Waals surface area contributed by atoms with Crippen molar-refractivity contribution >= 4 is 41.3 Å². The molecule has 0 radical (unpaired) electrons. The number of hydrogen-bond acceptors (Lipinski definition) is 19. The first-order chi connectivity index (χ1) is 31.2. The van der Waals surface area contributed by atoms with Crippen molar-refractivity contribution in [3.05, 3.63) is 22.6 Å². The molecule has 1 amide bonds. The SMILES string of the molecule is CCCCCCCC/C=C\CCCCCCCC(=O)OC[C@H](COP(=O)(O)O[C@@H]1[C@H](O)[C@H](O)[C@@H](OP(=O)([O-])O)[C@H](OP(=O)([O-])[O-])[C@H]1O)OC(=O)CCCCCNC(=O)CCCCCN=[N+]=[N-].[NH4+].[NH4+].[NH4+]. The van der Waals surface area contributed by atoms with Crippen molar-refractivity contribution in [3.63, 3.8) is 0 Å². The molecule has 1 fully saturated rings. The Morgan fingerprint density at radius 3 is 1.75 bits per heavy atom. The Morgan fingerprint density at radius 2 is 1.17 bits per heavy atom. The van der Waals surface area contributed by atoms with E-state index in [-0.39, 0.29) is 37.2 Å². The molecule has 69 heavy (non-hydrogen) atoms. The van der Waals surface area contributed by atoms with Gasteiger partial charge in [0.25, 0.3) is 7.82 Å². The Morgan fingerprint density at radius 1 is 0.667 bits per heavy atom. The number of aliphatic hydroxyl groups is 3. The third-order valence-corrected chi connectivity index (χ3v) is 12.2. The van der Waals surface area contributed by atoms with Gasteiger partial charge in [-0.2, -0.15) is 0 Å². The van der Waals surface area contributed by atoms with Gasteiger partial charge in [-0.05, 0) is 63.3 Å². The molecular formula is C39H82N7O20P3. The minimum absolute atomic E-state index is 0. The number of rotatable bonds is 39. The van der Waals surface area contributed by atoms with E-state index in [2.05, 4.69) is 43.5 Å². The van der Waals surface area contributed by atoms with Gasteiger partial charge in [-0.1, -0.05) is 88.4 Å². The molecule has 0 spiro atoms. The smallest absolute Gasteiger partial charge is 0.472 e. The first-order valence-electron chi connectivity index (χ1n) is 22.6. The van der Waals surface area contributed by atoms with Crippen LogP contribution in [0.25, 0.3) is 10.4 Å². The van der Waals surface area contributed by atoms with Gasteiger partial charge in [-0.25, -0.2) is 4.57 Å². The summed E-state index contributed by atoms with van der Waals surface area (Å²) in [5, 5.41) is 37.8. The second kappa shape index (κ2) is 40.1. The number of allylic oxidation sites excluding steroid dienone is 2. The molecule has 30 heteroatoms. The normalized spacial score (nSPS) is 21.2. The summed E-state index contributed by atoms with van der Waals surface area (Å²) >= 11 is 0. The number of carbonyl (C=O) groups is 3. The average molecular weight is 1060 g/mol. The summed E-state index contributed by atoms with van der Waals surface area (Å²) in [6.07, 6.45) is 4.28. The molecule has 0 saturated heterocycles. The molecule has 18 N–H and O–H groups in total. The second-order valence-corrected chi connectivity index (χ2v) is 19.6. The molecule has 1 aliphatic carbocycles. The third kappa shape index (κ3) is 36.2. The van der Waals surface area contributed by atoms with Crippen molar-refractivity contribution in [1.82, 2.24) is 23.8 Å². The van der Waals surface area contributed by atoms with Gasteiger partial charge in [0.15, 0.2) is 6.10 Å². The molecule has 1 aliphatic rings. The number of ether oxygens (including phenoxy) is 2. The van der Waals surface area contributed by atoms with Gasteiger partial charge in [0.1, 0.15) is 43.2 Å². The lowest BCUT2D eigenvalue weighted by Gasteiger charge is -2.48. The van der Waals surface area contributed by atoms with E-state index in [0.29, 0.717) is 58.0 Å². The van der Waals surface area contributed by atoms with E-state index in [9.17, 15) is 63.0 Å². The first kappa shape index (κ1) is 70.8. The van der Waals surface area contributed by atoms with E-state index in [1.165, 1.54) is 38.5 Å². The molecule has 27 nitrogen and oxygen atoms in total. The van der Waals surface area contributed by atoms with Gasteiger partial charge in [0, 0.05) is 37.3 Å². The molecule has 408 valence electrons. The summed E-state index contributed by atoms with van der Waals surface area (Å²) in [7, 11) is -17.6. The summed E-state index contributed by atoms with van der Waals surface area (Å²) in [6.45, 7) is 1.23. The van der Waals surface area contributed by atoms with Gasteiger partial charge in [0.05, 0.1) is 14.4 Å². The molecule has 2 unspecified atom stereocenters. The van der Waals surface area contributed by atoms with Gasteiger partial charge >= 0.3 is 19.8 Å². The van der Waals surface area contributed by atoms with Gasteiger partial charge in [0.2, 0.25) is 5.91 Å². The number of phosphoric acid groups is 3. The van der Waals surface area contributed by atoms with Crippen LogP contribution in [0.2, 0.25) is 0 Å². The average Bonchev–Trinajstić information content (AvgIpc) is 3.24. The molecule has 0 aromatic carbocycles. The predicted molar refractivity (Wildman–Crippen MR) is 248 cm³/mol. The zero-order valence-electron chi connectivity index (χ0n) is 40.6. The number of nitrogens with one attached hydrogen (secondary N) is 1. The topological polar surface area (TPSA) is 498 Å². The molecule has 1 saturated carbocycles. The van der Waals surface area contributed by atoms with Crippen molar-refractivity contribution in [2.75, 3.05) is 26.3 Å². The fourth-order valence-corrected chi connectivity index (χ4v) is 8.80. The van der Waals surface area contributed by atoms with Crippen molar-refractivity contribution in [2.24, 2.45) is 5.11 Å². The molecule has 1 rings (SSSR count). The van der Waals surface area contributed by atoms with E-state index in [0.717, 1.165) is 44.9 Å². The Labute approximate surface area is 404 Å². The minimum Gasteiger partial charge on any atom is -0.790 e. The minimum atomic E-state index is -6.15. The van der Waals surface area contributed by atoms with Gasteiger partial charge in [-0.3, -0.25) is 28.0 Å². The fourth-order valence-electron chi connectivity index (χ4n) is 6.74. The maximum atomic E-state index is 13.0. The lowest BCUT2D eigenvalue weighted by Crippen LogP contribution is -2.65. The maximum absolute atomic E-state index is 13.0. The Kier molecular flexibility index (Phi) is 41.1. The van der Waals surface area contributed by atoms with Crippen molar-refractivity contribution in [3.8, 4) is 0 Å². The summed E-state index contributed by atoms with van der Waals surface area (Å²) in [5.41, 5.74) is 8.30. The molecule has 9 atom stereocenters. The molecule has 0 aromatic rings. The number of amides is 1. The number of unbranched alkanes of at least 4 members (excludes halogenated alkanes) is 15. The van der Waals surface area contributed by atoms with E-state index in [4.69, 9.17) is 28.9 Å². The number of quaternary nitrogens is 3. The maximum Gasteiger partial charge on any atom is 0.472 e. The quantitative estimate of drug-likeness (QED) is 0.00758. The molecule has 0 heterocycles. The largest absolute Gasteiger partial charge is 0.790 e. The molecular weight excluding hydrogens is 979 g/mol. The molecule has 0 aromatic heterocycles. The van der Waals surface area contributed by atoms with Crippen LogP contribution in [0.5, 0.6) is 0 Å². The molecule has 0 aliphatic heterocycles. The second-order valence-electron chi connectivity index (χ2n) is 15.9. The van der Waals surface area contributed by atoms with Crippen LogP contribution >= 0.6 is 23.5 Å². The standard InChI is InChI=1S/C39H73N4O20P3.3H3N/c1-2-3-4-5-6-7-8-9-10-11-12-13-14-15-19-24-32(45)58-28-30(60-33(46)25-20-17-21-26-41-31(44)23-18-16-22-27-42-43-40)29-59-66(56,57)63-37-34(47)35(48)38(61-64(50,51)52)39(36(37)49)62-65(53,54)55;;;/h9-10,30,34-39,47-49H,2-8,11-29H2,1H3,(H,41,44)(H,56,57)(H2,50,51,52)(H2,53,54,55);3*1H3/b10-9-;;;/t30-,34-,35+,36+,37-,38-,39-;;;/m1.../s1. The number of esters is 2. The number of hydrogen-bond donors (Lipinski definition) is 9. The van der Waals surface area contributed by atoms with Crippen LogP contribution in [-0.4, -0.2) is 112 Å². The van der Waals surface area contributed by atoms with Crippen LogP contribution in [0.4, 0.5) is 0 Å². The number of carbonyl (C=O) groups excluding carboxylic acids is 3. The third-order valence-electron chi connectivity index (χ3n) is 10.2.